The Labute approximate surface area is 191 Å². The lowest BCUT2D eigenvalue weighted by atomic mass is 10.2. The van der Waals surface area contributed by atoms with Gasteiger partial charge >= 0.3 is 0 Å². The van der Waals surface area contributed by atoms with E-state index < -0.39 is 6.10 Å². The van der Waals surface area contributed by atoms with Gasteiger partial charge in [-0.25, -0.2) is 0 Å². The molecule has 0 aliphatic carbocycles. The van der Waals surface area contributed by atoms with Crippen molar-refractivity contribution in [3.63, 3.8) is 0 Å². The van der Waals surface area contributed by atoms with Gasteiger partial charge in [-0.1, -0.05) is 24.3 Å². The number of nitrogens with one attached hydrogen (secondary N) is 2. The van der Waals surface area contributed by atoms with Crippen LogP contribution >= 0.6 is 46.7 Å². The molecule has 5 nitrogen and oxygen atoms in total. The molecule has 3 rings (SSSR count). The van der Waals surface area contributed by atoms with E-state index in [1.54, 1.807) is 29.7 Å². The van der Waals surface area contributed by atoms with Crippen LogP contribution in [0.25, 0.3) is 10.1 Å². The minimum absolute atomic E-state index is 0. The Balaban J connectivity index is 0.00000280. The maximum absolute atomic E-state index is 10.5. The fourth-order valence-electron chi connectivity index (χ4n) is 2.89. The van der Waals surface area contributed by atoms with E-state index in [0.29, 0.717) is 12.5 Å². The standard InChI is InChI=1S/C20H26N4OS2.HI/c1-21-20(22-12-15(24(2)3)18-9-6-10-26-18)23-13-16(25)19-11-14-7-4-5-8-17(14)27-19;/h4-11,15-16,25H,12-13H2,1-3H3,(H2,21,22,23);1H. The average Bonchev–Trinajstić information content (AvgIpc) is 3.33. The predicted molar refractivity (Wildman–Crippen MR) is 132 cm³/mol. The molecule has 0 aliphatic heterocycles. The van der Waals surface area contributed by atoms with Gasteiger partial charge in [0.25, 0.3) is 0 Å². The Morgan fingerprint density at radius 2 is 1.86 bits per heavy atom. The van der Waals surface area contributed by atoms with Crippen molar-refractivity contribution >= 4 is 62.7 Å². The van der Waals surface area contributed by atoms with Crippen molar-refractivity contribution in [2.75, 3.05) is 34.2 Å². The van der Waals surface area contributed by atoms with Crippen molar-refractivity contribution < 1.29 is 5.11 Å². The molecule has 0 amide bonds. The Morgan fingerprint density at radius 1 is 1.11 bits per heavy atom. The van der Waals surface area contributed by atoms with Crippen LogP contribution in [0.3, 0.4) is 0 Å². The molecule has 3 N–H and O–H groups in total. The largest absolute Gasteiger partial charge is 0.386 e. The van der Waals surface area contributed by atoms with Crippen molar-refractivity contribution in [2.45, 2.75) is 12.1 Å². The van der Waals surface area contributed by atoms with Gasteiger partial charge < -0.3 is 20.6 Å². The number of rotatable bonds is 7. The Hall–Kier alpha value is -1.20. The molecule has 152 valence electrons. The van der Waals surface area contributed by atoms with Gasteiger partial charge in [-0.05, 0) is 43.1 Å². The van der Waals surface area contributed by atoms with Gasteiger partial charge in [0.1, 0.15) is 6.10 Å². The lowest BCUT2D eigenvalue weighted by molar-refractivity contribution is 0.184. The van der Waals surface area contributed by atoms with Gasteiger partial charge in [0.15, 0.2) is 5.96 Å². The average molecular weight is 531 g/mol. The maximum Gasteiger partial charge on any atom is 0.191 e. The molecule has 0 saturated heterocycles. The molecule has 1 aromatic carbocycles. The highest BCUT2D eigenvalue weighted by Crippen LogP contribution is 2.29. The van der Waals surface area contributed by atoms with E-state index in [2.05, 4.69) is 70.3 Å². The summed E-state index contributed by atoms with van der Waals surface area (Å²) < 4.78 is 1.19. The SMILES string of the molecule is CN=C(NCC(O)c1cc2ccccc2s1)NCC(c1cccs1)N(C)C.I. The van der Waals surface area contributed by atoms with Crippen LogP contribution in [0.2, 0.25) is 0 Å². The quantitative estimate of drug-likeness (QED) is 0.245. The zero-order chi connectivity index (χ0) is 19.2. The minimum atomic E-state index is -0.567. The molecule has 0 radical (unpaired) electrons. The molecule has 2 unspecified atom stereocenters. The minimum Gasteiger partial charge on any atom is -0.386 e. The number of hydrogen-bond acceptors (Lipinski definition) is 5. The molecule has 2 aromatic heterocycles. The second-order valence-corrected chi connectivity index (χ2v) is 8.63. The maximum atomic E-state index is 10.5. The summed E-state index contributed by atoms with van der Waals surface area (Å²) in [7, 11) is 5.90. The third kappa shape index (κ3) is 5.90. The molecule has 0 saturated carbocycles. The van der Waals surface area contributed by atoms with Crippen LogP contribution in [-0.4, -0.2) is 50.2 Å². The van der Waals surface area contributed by atoms with Crippen molar-refractivity contribution in [3.8, 4) is 0 Å². The topological polar surface area (TPSA) is 59.9 Å². The third-order valence-electron chi connectivity index (χ3n) is 4.42. The third-order valence-corrected chi connectivity index (χ3v) is 6.61. The molecule has 2 atom stereocenters. The molecule has 28 heavy (non-hydrogen) atoms. The summed E-state index contributed by atoms with van der Waals surface area (Å²) in [6, 6.07) is 14.7. The van der Waals surface area contributed by atoms with Crippen LogP contribution in [-0.2, 0) is 0 Å². The number of hydrogen-bond donors (Lipinski definition) is 3. The number of nitrogens with zero attached hydrogens (tertiary/aromatic N) is 2. The molecule has 2 heterocycles. The first kappa shape index (κ1) is 23.1. The number of aliphatic imine (C=N–C) groups is 1. The Bertz CT molecular complexity index is 846. The van der Waals surface area contributed by atoms with E-state index in [-0.39, 0.29) is 30.0 Å². The molecule has 0 fully saturated rings. The first-order chi connectivity index (χ1) is 13.1. The summed E-state index contributed by atoms with van der Waals surface area (Å²) in [5.74, 6) is 0.693. The van der Waals surface area contributed by atoms with Gasteiger partial charge in [0, 0.05) is 34.6 Å². The highest BCUT2D eigenvalue weighted by molar-refractivity contribution is 14.0. The summed E-state index contributed by atoms with van der Waals surface area (Å²) in [4.78, 5) is 8.75. The number of halogens is 1. The number of thiophene rings is 2. The lowest BCUT2D eigenvalue weighted by Gasteiger charge is -2.24. The number of benzene rings is 1. The molecule has 3 aromatic rings. The molecule has 8 heteroatoms. The fraction of sp³-hybridized carbons (Fsp3) is 0.350. The Morgan fingerprint density at radius 3 is 2.50 bits per heavy atom. The van der Waals surface area contributed by atoms with E-state index in [9.17, 15) is 5.11 Å². The van der Waals surface area contributed by atoms with E-state index in [1.165, 1.54) is 15.0 Å². The second kappa shape index (κ2) is 11.1. The van der Waals surface area contributed by atoms with Gasteiger partial charge in [-0.2, -0.15) is 0 Å². The molecule has 0 spiro atoms. The smallest absolute Gasteiger partial charge is 0.191 e. The van der Waals surface area contributed by atoms with Crippen LogP contribution in [0.1, 0.15) is 21.9 Å². The summed E-state index contributed by atoms with van der Waals surface area (Å²) in [5.41, 5.74) is 0. The molecule has 0 aliphatic rings. The molecular formula is C20H27IN4OS2. The normalized spacial score (nSPS) is 14.0. The monoisotopic (exact) mass is 530 g/mol. The highest BCUT2D eigenvalue weighted by Gasteiger charge is 2.16. The van der Waals surface area contributed by atoms with E-state index >= 15 is 0 Å². The van der Waals surface area contributed by atoms with Gasteiger partial charge in [0.05, 0.1) is 6.04 Å². The lowest BCUT2D eigenvalue weighted by Crippen LogP contribution is -2.42. The zero-order valence-corrected chi connectivity index (χ0v) is 20.2. The molecular weight excluding hydrogens is 503 g/mol. The van der Waals surface area contributed by atoms with Crippen molar-refractivity contribution in [1.82, 2.24) is 15.5 Å². The van der Waals surface area contributed by atoms with Crippen LogP contribution in [0.15, 0.2) is 52.8 Å². The first-order valence-electron chi connectivity index (χ1n) is 8.89. The summed E-state index contributed by atoms with van der Waals surface area (Å²) in [6.07, 6.45) is -0.567. The molecule has 0 bridgehead atoms. The number of likely N-dealkylation sites (N-methyl/N-ethyl adjacent to an activating group) is 1. The van der Waals surface area contributed by atoms with Gasteiger partial charge in [-0.15, -0.1) is 46.7 Å². The van der Waals surface area contributed by atoms with E-state index in [1.807, 2.05) is 12.1 Å². The highest BCUT2D eigenvalue weighted by atomic mass is 127. The van der Waals surface area contributed by atoms with E-state index in [4.69, 9.17) is 0 Å². The Kier molecular flexibility index (Phi) is 9.16. The van der Waals surface area contributed by atoms with Crippen LogP contribution in [0, 0.1) is 0 Å². The fourth-order valence-corrected chi connectivity index (χ4v) is 4.87. The number of aliphatic hydroxyl groups excluding tert-OH is 1. The number of fused-ring (bicyclic) bond motifs is 1. The first-order valence-corrected chi connectivity index (χ1v) is 10.6. The second-order valence-electron chi connectivity index (χ2n) is 6.53. The number of aliphatic hydroxyl groups is 1. The van der Waals surface area contributed by atoms with Gasteiger partial charge in [0.2, 0.25) is 0 Å². The van der Waals surface area contributed by atoms with Crippen LogP contribution in [0.4, 0.5) is 0 Å². The van der Waals surface area contributed by atoms with Crippen LogP contribution < -0.4 is 10.6 Å². The number of guanidine groups is 1. The van der Waals surface area contributed by atoms with Crippen molar-refractivity contribution in [3.05, 3.63) is 57.6 Å². The van der Waals surface area contributed by atoms with E-state index in [0.717, 1.165) is 11.4 Å². The van der Waals surface area contributed by atoms with Gasteiger partial charge in [-0.3, -0.25) is 4.99 Å². The van der Waals surface area contributed by atoms with Crippen molar-refractivity contribution in [1.29, 1.82) is 0 Å². The summed E-state index contributed by atoms with van der Waals surface area (Å²) in [6.45, 7) is 1.16. The van der Waals surface area contributed by atoms with Crippen molar-refractivity contribution in [2.24, 2.45) is 4.99 Å². The van der Waals surface area contributed by atoms with Crippen LogP contribution in [0.5, 0.6) is 0 Å². The summed E-state index contributed by atoms with van der Waals surface area (Å²) in [5, 5.41) is 20.4. The predicted octanol–water partition coefficient (Wildman–Crippen LogP) is 4.08. The zero-order valence-electron chi connectivity index (χ0n) is 16.3. The summed E-state index contributed by atoms with van der Waals surface area (Å²) >= 11 is 3.39.